The van der Waals surface area contributed by atoms with Gasteiger partial charge in [-0.25, -0.2) is 0 Å². The molecule has 19 heavy (non-hydrogen) atoms. The van der Waals surface area contributed by atoms with Gasteiger partial charge < -0.3 is 9.67 Å². The van der Waals surface area contributed by atoms with Crippen LogP contribution in [0.2, 0.25) is 0 Å². The van der Waals surface area contributed by atoms with Gasteiger partial charge in [0.2, 0.25) is 0 Å². The highest BCUT2D eigenvalue weighted by Crippen LogP contribution is 2.45. The average molecular weight is 278 g/mol. The predicted octanol–water partition coefficient (Wildman–Crippen LogP) is 0.654. The van der Waals surface area contributed by atoms with Crippen LogP contribution >= 0.6 is 0 Å². The van der Waals surface area contributed by atoms with Crippen molar-refractivity contribution >= 4 is 5.97 Å². The first-order valence-electron chi connectivity index (χ1n) is 5.61. The smallest absolute Gasteiger partial charge is 0.406 e. The number of alkyl halides is 3. The second kappa shape index (κ2) is 4.48. The summed E-state index contributed by atoms with van der Waals surface area (Å²) in [6.45, 7) is -0.334. The van der Waals surface area contributed by atoms with E-state index in [1.165, 1.54) is 11.2 Å². The second-order valence-electron chi connectivity index (χ2n) is 4.70. The van der Waals surface area contributed by atoms with Gasteiger partial charge in [-0.3, -0.25) is 9.69 Å². The van der Waals surface area contributed by atoms with Crippen molar-refractivity contribution in [3.63, 3.8) is 0 Å². The molecule has 1 aromatic rings. The molecule has 9 heteroatoms. The van der Waals surface area contributed by atoms with E-state index in [0.717, 1.165) is 0 Å². The van der Waals surface area contributed by atoms with Crippen molar-refractivity contribution < 1.29 is 23.1 Å². The molecule has 6 nitrogen and oxygen atoms in total. The molecule has 0 spiro atoms. The van der Waals surface area contributed by atoms with Crippen LogP contribution in [0.5, 0.6) is 0 Å². The highest BCUT2D eigenvalue weighted by molar-refractivity contribution is 5.76. The van der Waals surface area contributed by atoms with Gasteiger partial charge in [-0.15, -0.1) is 10.2 Å². The monoisotopic (exact) mass is 278 g/mol. The highest BCUT2D eigenvalue weighted by atomic mass is 19.4. The van der Waals surface area contributed by atoms with Crippen molar-refractivity contribution in [2.24, 2.45) is 12.5 Å². The van der Waals surface area contributed by atoms with Gasteiger partial charge in [0.05, 0.1) is 6.54 Å². The number of hydrogen-bond acceptors (Lipinski definition) is 4. The Labute approximate surface area is 106 Å². The zero-order valence-corrected chi connectivity index (χ0v) is 10.2. The summed E-state index contributed by atoms with van der Waals surface area (Å²) >= 11 is 0. The molecule has 0 aromatic carbocycles. The maximum atomic E-state index is 13.0. The Bertz CT molecular complexity index is 487. The molecule has 0 bridgehead atoms. The molecule has 1 atom stereocenters. The van der Waals surface area contributed by atoms with E-state index >= 15 is 0 Å². The summed E-state index contributed by atoms with van der Waals surface area (Å²) in [5.41, 5.74) is -2.68. The number of aryl methyl sites for hydroxylation is 1. The lowest BCUT2D eigenvalue weighted by Gasteiger charge is -2.27. The molecule has 0 amide bonds. The van der Waals surface area contributed by atoms with Crippen molar-refractivity contribution in [1.29, 1.82) is 0 Å². The van der Waals surface area contributed by atoms with E-state index in [1.54, 1.807) is 11.6 Å². The molecule has 1 fully saturated rings. The van der Waals surface area contributed by atoms with Crippen LogP contribution in [0.1, 0.15) is 12.2 Å². The lowest BCUT2D eigenvalue weighted by molar-refractivity contribution is -0.227. The molecule has 106 valence electrons. The third-order valence-electron chi connectivity index (χ3n) is 3.47. The van der Waals surface area contributed by atoms with Crippen LogP contribution < -0.4 is 0 Å². The van der Waals surface area contributed by atoms with Crippen molar-refractivity contribution in [3.05, 3.63) is 12.2 Å². The Hall–Kier alpha value is -1.64. The number of carboxylic acid groups (broad SMARTS) is 1. The van der Waals surface area contributed by atoms with Crippen LogP contribution in [0.4, 0.5) is 13.2 Å². The molecule has 1 unspecified atom stereocenters. The molecule has 1 saturated heterocycles. The van der Waals surface area contributed by atoms with Gasteiger partial charge in [0.1, 0.15) is 12.2 Å². The van der Waals surface area contributed by atoms with Crippen molar-refractivity contribution in [2.75, 3.05) is 13.1 Å². The Morgan fingerprint density at radius 2 is 2.26 bits per heavy atom. The van der Waals surface area contributed by atoms with E-state index in [0.29, 0.717) is 5.82 Å². The predicted molar refractivity (Wildman–Crippen MR) is 57.0 cm³/mol. The second-order valence-corrected chi connectivity index (χ2v) is 4.70. The first-order chi connectivity index (χ1) is 8.76. The number of aromatic nitrogens is 3. The summed E-state index contributed by atoms with van der Waals surface area (Å²) < 4.78 is 40.5. The van der Waals surface area contributed by atoms with Crippen LogP contribution in [0.25, 0.3) is 0 Å². The number of halogens is 3. The van der Waals surface area contributed by atoms with Gasteiger partial charge in [-0.05, 0) is 6.42 Å². The lowest BCUT2D eigenvalue weighted by Crippen LogP contribution is -2.47. The number of rotatable bonds is 3. The number of likely N-dealkylation sites (tertiary alicyclic amines) is 1. The van der Waals surface area contributed by atoms with E-state index in [4.69, 9.17) is 5.11 Å². The third kappa shape index (κ3) is 2.29. The summed E-state index contributed by atoms with van der Waals surface area (Å²) in [6, 6.07) is 0. The van der Waals surface area contributed by atoms with Crippen molar-refractivity contribution in [2.45, 2.75) is 19.1 Å². The topological polar surface area (TPSA) is 71.2 Å². The zero-order valence-electron chi connectivity index (χ0n) is 10.2. The number of carbonyl (C=O) groups is 1. The molecular formula is C10H13F3N4O2. The quantitative estimate of drug-likeness (QED) is 0.879. The number of carboxylic acids is 1. The minimum atomic E-state index is -4.76. The summed E-state index contributed by atoms with van der Waals surface area (Å²) in [6.07, 6.45) is -3.75. The summed E-state index contributed by atoms with van der Waals surface area (Å²) in [4.78, 5) is 12.4. The normalized spacial score (nSPS) is 24.8. The summed E-state index contributed by atoms with van der Waals surface area (Å²) in [5, 5.41) is 16.3. The van der Waals surface area contributed by atoms with Crippen LogP contribution in [0.3, 0.4) is 0 Å². The average Bonchev–Trinajstić information content (AvgIpc) is 2.87. The van der Waals surface area contributed by atoms with Gasteiger partial charge in [0, 0.05) is 20.1 Å². The molecule has 0 radical (unpaired) electrons. The third-order valence-corrected chi connectivity index (χ3v) is 3.47. The van der Waals surface area contributed by atoms with Gasteiger partial charge in [0.25, 0.3) is 0 Å². The fourth-order valence-corrected chi connectivity index (χ4v) is 2.20. The minimum absolute atomic E-state index is 0.0681. The maximum Gasteiger partial charge on any atom is 0.406 e. The molecule has 1 N–H and O–H groups in total. The van der Waals surface area contributed by atoms with Crippen molar-refractivity contribution in [3.8, 4) is 0 Å². The van der Waals surface area contributed by atoms with Gasteiger partial charge in [-0.1, -0.05) is 0 Å². The largest absolute Gasteiger partial charge is 0.481 e. The maximum absolute atomic E-state index is 13.0. The fraction of sp³-hybridized carbons (Fsp3) is 0.700. The molecule has 2 rings (SSSR count). The number of hydrogen-bond donors (Lipinski definition) is 1. The molecule has 2 heterocycles. The Balaban J connectivity index is 2.14. The number of nitrogens with zero attached hydrogens (tertiary/aromatic N) is 4. The van der Waals surface area contributed by atoms with Gasteiger partial charge in [-0.2, -0.15) is 13.2 Å². The Kier molecular flexibility index (Phi) is 3.25. The van der Waals surface area contributed by atoms with Crippen LogP contribution in [-0.4, -0.2) is 50.0 Å². The lowest BCUT2D eigenvalue weighted by atomic mass is 9.86. The minimum Gasteiger partial charge on any atom is -0.481 e. The standard InChI is InChI=1S/C10H13F3N4O2/c1-16-6-14-15-7(16)4-17-3-2-9(5-17,8(18)19)10(11,12)13/h6H,2-5H2,1H3,(H,18,19). The van der Waals surface area contributed by atoms with E-state index < -0.39 is 30.5 Å². The van der Waals surface area contributed by atoms with E-state index in [2.05, 4.69) is 10.2 Å². The molecular weight excluding hydrogens is 265 g/mol. The molecule has 1 aliphatic heterocycles. The van der Waals surface area contributed by atoms with Crippen molar-refractivity contribution in [1.82, 2.24) is 19.7 Å². The first kappa shape index (κ1) is 13.8. The molecule has 0 saturated carbocycles. The molecule has 1 aliphatic rings. The highest BCUT2D eigenvalue weighted by Gasteiger charge is 2.63. The van der Waals surface area contributed by atoms with Gasteiger partial charge in [0.15, 0.2) is 5.41 Å². The fourth-order valence-electron chi connectivity index (χ4n) is 2.20. The summed E-state index contributed by atoms with van der Waals surface area (Å²) in [7, 11) is 1.68. The van der Waals surface area contributed by atoms with Crippen LogP contribution in [0.15, 0.2) is 6.33 Å². The Morgan fingerprint density at radius 1 is 1.58 bits per heavy atom. The number of aliphatic carboxylic acids is 1. The van der Waals surface area contributed by atoms with E-state index in [-0.39, 0.29) is 13.1 Å². The van der Waals surface area contributed by atoms with Crippen LogP contribution in [0, 0.1) is 5.41 Å². The zero-order chi connectivity index (χ0) is 14.3. The van der Waals surface area contributed by atoms with Gasteiger partial charge >= 0.3 is 12.1 Å². The molecule has 1 aromatic heterocycles. The SMILES string of the molecule is Cn1cnnc1CN1CCC(C(=O)O)(C(F)(F)F)C1. The van der Waals surface area contributed by atoms with E-state index in [1.807, 2.05) is 0 Å². The van der Waals surface area contributed by atoms with Crippen LogP contribution in [-0.2, 0) is 18.4 Å². The first-order valence-corrected chi connectivity index (χ1v) is 5.61. The Morgan fingerprint density at radius 3 is 2.68 bits per heavy atom. The van der Waals surface area contributed by atoms with E-state index in [9.17, 15) is 18.0 Å². The molecule has 0 aliphatic carbocycles. The summed E-state index contributed by atoms with van der Waals surface area (Å²) in [5.74, 6) is -1.32.